The molecule has 2 heterocycles. The molecule has 2 aliphatic heterocycles. The Hall–Kier alpha value is -2.77. The number of benzene rings is 1. The molecule has 0 saturated carbocycles. The van der Waals surface area contributed by atoms with Crippen LogP contribution in [-0.4, -0.2) is 47.3 Å². The maximum Gasteiger partial charge on any atom is 0.326 e. The maximum absolute atomic E-state index is 12.8. The molecule has 0 bridgehead atoms. The molecular formula is C18H22N2O6. The summed E-state index contributed by atoms with van der Waals surface area (Å²) in [4.78, 5) is 37.8. The molecule has 8 heteroatoms. The molecule has 1 N–H and O–H groups in total. The Labute approximate surface area is 151 Å². The van der Waals surface area contributed by atoms with Crippen LogP contribution in [0.15, 0.2) is 18.2 Å². The first kappa shape index (κ1) is 18.0. The SMILES string of the molecule is CC(C)(C)OC(=O)CN1C(=O)N[C@](C)(Cc2ccc3c(c2)OCO3)C1=O. The number of carbonyl (C=O) groups excluding carboxylic acids is 3. The average Bonchev–Trinajstić information content (AvgIpc) is 3.04. The quantitative estimate of drug-likeness (QED) is 0.646. The van der Waals surface area contributed by atoms with Gasteiger partial charge in [-0.1, -0.05) is 6.07 Å². The fourth-order valence-corrected chi connectivity index (χ4v) is 2.97. The van der Waals surface area contributed by atoms with Crippen LogP contribution in [0.2, 0.25) is 0 Å². The fourth-order valence-electron chi connectivity index (χ4n) is 2.97. The third-order valence-corrected chi connectivity index (χ3v) is 4.05. The van der Waals surface area contributed by atoms with Gasteiger partial charge in [0.05, 0.1) is 0 Å². The van der Waals surface area contributed by atoms with E-state index < -0.39 is 35.6 Å². The summed E-state index contributed by atoms with van der Waals surface area (Å²) in [6.07, 6.45) is 0.263. The number of fused-ring (bicyclic) bond motifs is 1. The third kappa shape index (κ3) is 3.58. The summed E-state index contributed by atoms with van der Waals surface area (Å²) in [5.74, 6) is 0.153. The van der Waals surface area contributed by atoms with Crippen LogP contribution in [0.3, 0.4) is 0 Å². The smallest absolute Gasteiger partial charge is 0.326 e. The summed E-state index contributed by atoms with van der Waals surface area (Å²) in [6, 6.07) is 4.75. The highest BCUT2D eigenvalue weighted by atomic mass is 16.7. The highest BCUT2D eigenvalue weighted by Crippen LogP contribution is 2.34. The lowest BCUT2D eigenvalue weighted by atomic mass is 9.92. The zero-order valence-corrected chi connectivity index (χ0v) is 15.3. The largest absolute Gasteiger partial charge is 0.459 e. The molecule has 0 radical (unpaired) electrons. The van der Waals surface area contributed by atoms with E-state index in [0.717, 1.165) is 10.5 Å². The zero-order chi connectivity index (χ0) is 19.1. The average molecular weight is 362 g/mol. The number of hydrogen-bond donors (Lipinski definition) is 1. The molecule has 0 unspecified atom stereocenters. The van der Waals surface area contributed by atoms with Gasteiger partial charge in [0, 0.05) is 6.42 Å². The Balaban J connectivity index is 1.71. The van der Waals surface area contributed by atoms with Crippen LogP contribution in [-0.2, 0) is 20.7 Å². The van der Waals surface area contributed by atoms with Crippen molar-refractivity contribution in [3.05, 3.63) is 23.8 Å². The predicted octanol–water partition coefficient (Wildman–Crippen LogP) is 1.61. The summed E-state index contributed by atoms with van der Waals surface area (Å²) in [5, 5.41) is 2.67. The van der Waals surface area contributed by atoms with Gasteiger partial charge in [-0.05, 0) is 45.4 Å². The number of amides is 3. The predicted molar refractivity (Wildman–Crippen MR) is 90.8 cm³/mol. The van der Waals surface area contributed by atoms with Gasteiger partial charge in [0.2, 0.25) is 6.79 Å². The summed E-state index contributed by atoms with van der Waals surface area (Å²) < 4.78 is 15.8. The number of nitrogens with one attached hydrogen (secondary N) is 1. The number of nitrogens with zero attached hydrogens (tertiary/aromatic N) is 1. The second kappa shape index (κ2) is 6.19. The lowest BCUT2D eigenvalue weighted by Crippen LogP contribution is -2.46. The van der Waals surface area contributed by atoms with Crippen molar-refractivity contribution in [3.63, 3.8) is 0 Å². The van der Waals surface area contributed by atoms with Gasteiger partial charge in [-0.25, -0.2) is 4.79 Å². The standard InChI is InChI=1S/C18H22N2O6/c1-17(2,3)26-14(21)9-20-15(22)18(4,19-16(20)23)8-11-5-6-12-13(7-11)25-10-24-12/h5-7H,8-10H2,1-4H3,(H,19,23)/t18-/m1/s1. The van der Waals surface area contributed by atoms with Crippen LogP contribution in [0.25, 0.3) is 0 Å². The fraction of sp³-hybridized carbons (Fsp3) is 0.500. The highest BCUT2D eigenvalue weighted by Gasteiger charge is 2.48. The number of carbonyl (C=O) groups is 3. The first-order chi connectivity index (χ1) is 12.1. The second-order valence-electron chi connectivity index (χ2n) is 7.60. The molecule has 8 nitrogen and oxygen atoms in total. The van der Waals surface area contributed by atoms with E-state index in [1.807, 2.05) is 6.07 Å². The van der Waals surface area contributed by atoms with Crippen molar-refractivity contribution in [2.75, 3.05) is 13.3 Å². The van der Waals surface area contributed by atoms with E-state index in [1.54, 1.807) is 39.8 Å². The van der Waals surface area contributed by atoms with Crippen molar-refractivity contribution in [3.8, 4) is 11.5 Å². The number of rotatable bonds is 4. The molecule has 0 spiro atoms. The highest BCUT2D eigenvalue weighted by molar-refractivity contribution is 6.08. The summed E-state index contributed by atoms with van der Waals surface area (Å²) in [5.41, 5.74) is -1.02. The van der Waals surface area contributed by atoms with Crippen molar-refractivity contribution >= 4 is 17.9 Å². The van der Waals surface area contributed by atoms with Crippen LogP contribution < -0.4 is 14.8 Å². The van der Waals surface area contributed by atoms with Gasteiger partial charge in [-0.15, -0.1) is 0 Å². The molecular weight excluding hydrogens is 340 g/mol. The van der Waals surface area contributed by atoms with Gasteiger partial charge < -0.3 is 19.5 Å². The van der Waals surface area contributed by atoms with Gasteiger partial charge in [0.15, 0.2) is 11.5 Å². The Morgan fingerprint density at radius 3 is 2.65 bits per heavy atom. The van der Waals surface area contributed by atoms with Crippen LogP contribution >= 0.6 is 0 Å². The Bertz CT molecular complexity index is 769. The molecule has 3 amide bonds. The molecule has 140 valence electrons. The van der Waals surface area contributed by atoms with E-state index in [2.05, 4.69) is 5.32 Å². The van der Waals surface area contributed by atoms with E-state index in [9.17, 15) is 14.4 Å². The van der Waals surface area contributed by atoms with Crippen molar-refractivity contribution in [1.82, 2.24) is 10.2 Å². The van der Waals surface area contributed by atoms with E-state index in [4.69, 9.17) is 14.2 Å². The van der Waals surface area contributed by atoms with Gasteiger partial charge in [-0.2, -0.15) is 0 Å². The van der Waals surface area contributed by atoms with E-state index in [-0.39, 0.29) is 13.2 Å². The molecule has 1 fully saturated rings. The number of esters is 1. The van der Waals surface area contributed by atoms with Gasteiger partial charge >= 0.3 is 12.0 Å². The first-order valence-corrected chi connectivity index (χ1v) is 8.32. The zero-order valence-electron chi connectivity index (χ0n) is 15.3. The van der Waals surface area contributed by atoms with Crippen LogP contribution in [0.5, 0.6) is 11.5 Å². The third-order valence-electron chi connectivity index (χ3n) is 4.05. The van der Waals surface area contributed by atoms with Crippen LogP contribution in [0.1, 0.15) is 33.3 Å². The Morgan fingerprint density at radius 1 is 1.27 bits per heavy atom. The minimum Gasteiger partial charge on any atom is -0.459 e. The first-order valence-electron chi connectivity index (χ1n) is 8.32. The minimum absolute atomic E-state index is 0.162. The maximum atomic E-state index is 12.8. The monoisotopic (exact) mass is 362 g/mol. The van der Waals surface area contributed by atoms with Crippen molar-refractivity contribution in [1.29, 1.82) is 0 Å². The normalized spacial score (nSPS) is 21.8. The number of hydrogen-bond acceptors (Lipinski definition) is 6. The molecule has 1 atom stereocenters. The van der Waals surface area contributed by atoms with Gasteiger partial charge in [0.1, 0.15) is 17.7 Å². The number of ether oxygens (including phenoxy) is 3. The Morgan fingerprint density at radius 2 is 1.96 bits per heavy atom. The lowest BCUT2D eigenvalue weighted by Gasteiger charge is -2.23. The van der Waals surface area contributed by atoms with Gasteiger partial charge in [0.25, 0.3) is 5.91 Å². The molecule has 1 aromatic rings. The van der Waals surface area contributed by atoms with Crippen molar-refractivity contribution < 1.29 is 28.6 Å². The number of imide groups is 1. The summed E-state index contributed by atoms with van der Waals surface area (Å²) in [6.45, 7) is 6.54. The van der Waals surface area contributed by atoms with E-state index >= 15 is 0 Å². The second-order valence-corrected chi connectivity index (χ2v) is 7.60. The molecule has 3 rings (SSSR count). The van der Waals surface area contributed by atoms with Crippen molar-refractivity contribution in [2.24, 2.45) is 0 Å². The van der Waals surface area contributed by atoms with Crippen LogP contribution in [0.4, 0.5) is 4.79 Å². The van der Waals surface area contributed by atoms with E-state index in [0.29, 0.717) is 11.5 Å². The molecule has 1 saturated heterocycles. The molecule has 0 aliphatic carbocycles. The summed E-state index contributed by atoms with van der Waals surface area (Å²) in [7, 11) is 0. The van der Waals surface area contributed by atoms with Crippen molar-refractivity contribution in [2.45, 2.75) is 45.3 Å². The molecule has 26 heavy (non-hydrogen) atoms. The molecule has 1 aromatic carbocycles. The van der Waals surface area contributed by atoms with Crippen LogP contribution in [0, 0.1) is 0 Å². The summed E-state index contributed by atoms with van der Waals surface area (Å²) >= 11 is 0. The minimum atomic E-state index is -1.15. The molecule has 2 aliphatic rings. The van der Waals surface area contributed by atoms with Gasteiger partial charge in [-0.3, -0.25) is 14.5 Å². The topological polar surface area (TPSA) is 94.2 Å². The Kier molecular flexibility index (Phi) is 4.29. The van der Waals surface area contributed by atoms with E-state index in [1.165, 1.54) is 0 Å². The molecule has 0 aromatic heterocycles. The number of urea groups is 1. The lowest BCUT2D eigenvalue weighted by molar-refractivity contribution is -0.157.